The van der Waals surface area contributed by atoms with E-state index in [2.05, 4.69) is 32.5 Å². The number of nitro groups is 1. The van der Waals surface area contributed by atoms with Gasteiger partial charge in [0.05, 0.1) is 11.3 Å². The molecule has 0 spiro atoms. The average molecular weight is 367 g/mol. The summed E-state index contributed by atoms with van der Waals surface area (Å²) in [5.74, 6) is 0.365. The van der Waals surface area contributed by atoms with E-state index >= 15 is 0 Å². The van der Waals surface area contributed by atoms with Gasteiger partial charge in [0.2, 0.25) is 11.6 Å². The third-order valence-corrected chi connectivity index (χ3v) is 4.07. The summed E-state index contributed by atoms with van der Waals surface area (Å²) in [6, 6.07) is 7.71. The maximum atomic E-state index is 11.6. The lowest BCUT2D eigenvalue weighted by Gasteiger charge is -2.10. The lowest BCUT2D eigenvalue weighted by molar-refractivity contribution is -0.383. The molecule has 27 heavy (non-hydrogen) atoms. The molecular formula is C18H21N7O2. The third kappa shape index (κ3) is 4.78. The molecule has 2 aromatic heterocycles. The van der Waals surface area contributed by atoms with Crippen molar-refractivity contribution in [3.63, 3.8) is 0 Å². The Balaban J connectivity index is 1.70. The van der Waals surface area contributed by atoms with Crippen LogP contribution in [-0.4, -0.2) is 31.0 Å². The highest BCUT2D eigenvalue weighted by molar-refractivity contribution is 5.73. The summed E-state index contributed by atoms with van der Waals surface area (Å²) in [7, 11) is 0. The number of imidazole rings is 1. The van der Waals surface area contributed by atoms with Crippen LogP contribution in [-0.2, 0) is 13.0 Å². The van der Waals surface area contributed by atoms with Gasteiger partial charge in [0.15, 0.2) is 0 Å². The normalized spacial score (nSPS) is 10.6. The van der Waals surface area contributed by atoms with Crippen LogP contribution in [0.25, 0.3) is 0 Å². The molecule has 9 heteroatoms. The van der Waals surface area contributed by atoms with E-state index in [-0.39, 0.29) is 17.3 Å². The number of aryl methyl sites for hydroxylation is 2. The van der Waals surface area contributed by atoms with Crippen LogP contribution in [0.1, 0.15) is 18.9 Å². The van der Waals surface area contributed by atoms with Crippen molar-refractivity contribution in [2.24, 2.45) is 0 Å². The standard InChI is InChI=1S/C18H21N7O2/c1-2-14-4-6-15(7-5-14)23-18-16(25(26)27)17(21-12-22-18)20-8-3-10-24-11-9-19-13-24/h4-7,9,11-13H,2-3,8,10H2,1H3,(H2,20,21,22,23). The number of benzene rings is 1. The van der Waals surface area contributed by atoms with Crippen molar-refractivity contribution in [1.29, 1.82) is 0 Å². The molecule has 0 aliphatic heterocycles. The molecule has 0 bridgehead atoms. The van der Waals surface area contributed by atoms with Crippen molar-refractivity contribution in [2.45, 2.75) is 26.3 Å². The van der Waals surface area contributed by atoms with E-state index in [0.717, 1.165) is 25.1 Å². The monoisotopic (exact) mass is 367 g/mol. The van der Waals surface area contributed by atoms with Crippen molar-refractivity contribution in [2.75, 3.05) is 17.2 Å². The van der Waals surface area contributed by atoms with Gasteiger partial charge in [0, 0.05) is 31.2 Å². The lowest BCUT2D eigenvalue weighted by Crippen LogP contribution is -2.10. The summed E-state index contributed by atoms with van der Waals surface area (Å²) < 4.78 is 1.95. The Kier molecular flexibility index (Phi) is 5.93. The van der Waals surface area contributed by atoms with Crippen molar-refractivity contribution in [1.82, 2.24) is 19.5 Å². The molecule has 3 aromatic rings. The van der Waals surface area contributed by atoms with Crippen molar-refractivity contribution in [3.8, 4) is 0 Å². The SMILES string of the molecule is CCc1ccc(Nc2ncnc(NCCCn3ccnc3)c2[N+](=O)[O-])cc1. The molecule has 0 radical (unpaired) electrons. The number of anilines is 3. The molecule has 9 nitrogen and oxygen atoms in total. The van der Waals surface area contributed by atoms with E-state index in [1.807, 2.05) is 35.0 Å². The zero-order chi connectivity index (χ0) is 19.1. The summed E-state index contributed by atoms with van der Waals surface area (Å²) in [6.45, 7) is 3.38. The number of hydrogen-bond donors (Lipinski definition) is 2. The van der Waals surface area contributed by atoms with Gasteiger partial charge in [-0.15, -0.1) is 0 Å². The van der Waals surface area contributed by atoms with Crippen LogP contribution in [0.15, 0.2) is 49.3 Å². The molecule has 0 aliphatic carbocycles. The zero-order valence-electron chi connectivity index (χ0n) is 15.0. The fourth-order valence-corrected chi connectivity index (χ4v) is 2.62. The van der Waals surface area contributed by atoms with Gasteiger partial charge in [-0.25, -0.2) is 15.0 Å². The van der Waals surface area contributed by atoms with Crippen LogP contribution in [0.2, 0.25) is 0 Å². The number of aromatic nitrogens is 4. The highest BCUT2D eigenvalue weighted by Crippen LogP contribution is 2.31. The average Bonchev–Trinajstić information content (AvgIpc) is 3.19. The number of hydrogen-bond acceptors (Lipinski definition) is 7. The lowest BCUT2D eigenvalue weighted by atomic mass is 10.1. The largest absolute Gasteiger partial charge is 0.364 e. The smallest absolute Gasteiger partial charge is 0.353 e. The Morgan fingerprint density at radius 3 is 2.63 bits per heavy atom. The number of nitrogens with one attached hydrogen (secondary N) is 2. The summed E-state index contributed by atoms with van der Waals surface area (Å²) in [5.41, 5.74) is 1.76. The second-order valence-electron chi connectivity index (χ2n) is 5.93. The summed E-state index contributed by atoms with van der Waals surface area (Å²) in [6.07, 6.45) is 8.35. The van der Waals surface area contributed by atoms with Crippen LogP contribution in [0.5, 0.6) is 0 Å². The van der Waals surface area contributed by atoms with Gasteiger partial charge in [-0.05, 0) is 30.5 Å². The molecule has 0 aliphatic rings. The van der Waals surface area contributed by atoms with E-state index in [4.69, 9.17) is 0 Å². The molecule has 3 rings (SSSR count). The molecule has 0 atom stereocenters. The van der Waals surface area contributed by atoms with Crippen molar-refractivity contribution in [3.05, 3.63) is 65.0 Å². The minimum absolute atomic E-state index is 0.163. The van der Waals surface area contributed by atoms with Crippen molar-refractivity contribution >= 4 is 23.0 Å². The Hall–Kier alpha value is -3.49. The first-order valence-electron chi connectivity index (χ1n) is 8.72. The molecular weight excluding hydrogens is 346 g/mol. The van der Waals surface area contributed by atoms with Gasteiger partial charge in [-0.2, -0.15) is 0 Å². The first-order valence-corrected chi connectivity index (χ1v) is 8.72. The Morgan fingerprint density at radius 1 is 1.19 bits per heavy atom. The Labute approximate surface area is 156 Å². The van der Waals surface area contributed by atoms with Gasteiger partial charge >= 0.3 is 5.69 Å². The van der Waals surface area contributed by atoms with E-state index in [1.54, 1.807) is 12.5 Å². The van der Waals surface area contributed by atoms with Crippen LogP contribution < -0.4 is 10.6 Å². The predicted molar refractivity (Wildman–Crippen MR) is 103 cm³/mol. The minimum Gasteiger partial charge on any atom is -0.364 e. The van der Waals surface area contributed by atoms with Gasteiger partial charge in [-0.3, -0.25) is 10.1 Å². The number of rotatable bonds is 9. The maximum Gasteiger partial charge on any atom is 0.353 e. The molecule has 2 heterocycles. The number of nitrogens with zero attached hydrogens (tertiary/aromatic N) is 5. The van der Waals surface area contributed by atoms with Crippen LogP contribution in [0.4, 0.5) is 23.0 Å². The minimum atomic E-state index is -0.471. The quantitative estimate of drug-likeness (QED) is 0.339. The molecule has 140 valence electrons. The second-order valence-corrected chi connectivity index (χ2v) is 5.93. The zero-order valence-corrected chi connectivity index (χ0v) is 15.0. The Bertz CT molecular complexity index is 879. The second kappa shape index (κ2) is 8.75. The van der Waals surface area contributed by atoms with Crippen LogP contribution >= 0.6 is 0 Å². The van der Waals surface area contributed by atoms with Gasteiger partial charge in [0.1, 0.15) is 6.33 Å². The topological polar surface area (TPSA) is 111 Å². The third-order valence-electron chi connectivity index (χ3n) is 4.07. The van der Waals surface area contributed by atoms with Crippen LogP contribution in [0.3, 0.4) is 0 Å². The highest BCUT2D eigenvalue weighted by Gasteiger charge is 2.22. The molecule has 0 unspecified atom stereocenters. The van der Waals surface area contributed by atoms with E-state index in [1.165, 1.54) is 11.9 Å². The summed E-state index contributed by atoms with van der Waals surface area (Å²) in [5, 5.41) is 17.6. The van der Waals surface area contributed by atoms with E-state index in [0.29, 0.717) is 6.54 Å². The Morgan fingerprint density at radius 2 is 1.96 bits per heavy atom. The van der Waals surface area contributed by atoms with Gasteiger partial charge < -0.3 is 15.2 Å². The first kappa shape index (κ1) is 18.3. The maximum absolute atomic E-state index is 11.6. The van der Waals surface area contributed by atoms with Gasteiger partial charge in [0.25, 0.3) is 0 Å². The molecule has 0 saturated heterocycles. The van der Waals surface area contributed by atoms with E-state index < -0.39 is 4.92 Å². The summed E-state index contributed by atoms with van der Waals surface area (Å²) >= 11 is 0. The molecule has 0 fully saturated rings. The predicted octanol–water partition coefficient (Wildman–Crippen LogP) is 3.39. The molecule has 2 N–H and O–H groups in total. The fraction of sp³-hybridized carbons (Fsp3) is 0.278. The fourth-order valence-electron chi connectivity index (χ4n) is 2.62. The van der Waals surface area contributed by atoms with E-state index in [9.17, 15) is 10.1 Å². The molecule has 0 amide bonds. The van der Waals surface area contributed by atoms with Gasteiger partial charge in [-0.1, -0.05) is 19.1 Å². The first-order chi connectivity index (χ1) is 13.2. The molecule has 0 saturated carbocycles. The molecule has 1 aromatic carbocycles. The van der Waals surface area contributed by atoms with Crippen molar-refractivity contribution < 1.29 is 4.92 Å². The highest BCUT2D eigenvalue weighted by atomic mass is 16.6. The summed E-state index contributed by atoms with van der Waals surface area (Å²) in [4.78, 5) is 23.2. The van der Waals surface area contributed by atoms with Crippen LogP contribution in [0, 0.1) is 10.1 Å².